The molecule has 17 heavy (non-hydrogen) atoms. The van der Waals surface area contributed by atoms with Crippen molar-refractivity contribution in [2.45, 2.75) is 32.0 Å². The van der Waals surface area contributed by atoms with Crippen LogP contribution in [-0.4, -0.2) is 15.4 Å². The second-order valence-electron chi connectivity index (χ2n) is 5.13. The highest BCUT2D eigenvalue weighted by atomic mass is 79.9. The molecule has 0 bridgehead atoms. The van der Waals surface area contributed by atoms with Gasteiger partial charge in [-0.05, 0) is 17.2 Å². The molecule has 1 rings (SSSR count). The first-order chi connectivity index (χ1) is 7.74. The van der Waals surface area contributed by atoms with Crippen LogP contribution in [0.15, 0.2) is 16.6 Å². The second-order valence-corrected chi connectivity index (χ2v) is 9.92. The summed E-state index contributed by atoms with van der Waals surface area (Å²) in [5.74, 6) is -1.84. The molecule has 1 nitrogen and oxygen atoms in total. The van der Waals surface area contributed by atoms with Crippen molar-refractivity contribution in [3.63, 3.8) is 0 Å². The standard InChI is InChI=1S/C12H17BrF2OSi/c1-12(2,17(3)4)7-16-10-6-8(13)5-9(14)11(10)15/h5-6,17H,7H2,1-4H3. The summed E-state index contributed by atoms with van der Waals surface area (Å²) in [6, 6.07) is 2.54. The van der Waals surface area contributed by atoms with Crippen molar-refractivity contribution >= 4 is 24.7 Å². The van der Waals surface area contributed by atoms with Crippen molar-refractivity contribution in [2.24, 2.45) is 0 Å². The summed E-state index contributed by atoms with van der Waals surface area (Å²) in [5, 5.41) is 0.0469. The van der Waals surface area contributed by atoms with Crippen LogP contribution in [0.3, 0.4) is 0 Å². The highest BCUT2D eigenvalue weighted by Gasteiger charge is 2.25. The third-order valence-electron chi connectivity index (χ3n) is 3.12. The minimum absolute atomic E-state index is 0.0281. The predicted molar refractivity (Wildman–Crippen MR) is 72.5 cm³/mol. The lowest BCUT2D eigenvalue weighted by Gasteiger charge is -2.28. The summed E-state index contributed by atoms with van der Waals surface area (Å²) in [5.41, 5.74) is 0. The average Bonchev–Trinajstić information content (AvgIpc) is 2.21. The van der Waals surface area contributed by atoms with Gasteiger partial charge < -0.3 is 4.74 Å². The summed E-state index contributed by atoms with van der Waals surface area (Å²) in [6.45, 7) is 9.01. The van der Waals surface area contributed by atoms with E-state index in [1.807, 2.05) is 0 Å². The van der Waals surface area contributed by atoms with Gasteiger partial charge in [0.2, 0.25) is 5.82 Å². The molecule has 0 heterocycles. The van der Waals surface area contributed by atoms with Crippen LogP contribution in [0, 0.1) is 11.6 Å². The Morgan fingerprint density at radius 2 is 1.88 bits per heavy atom. The molecular formula is C12H17BrF2OSi. The largest absolute Gasteiger partial charge is 0.490 e. The van der Waals surface area contributed by atoms with Gasteiger partial charge in [0.15, 0.2) is 11.6 Å². The third-order valence-corrected chi connectivity index (χ3v) is 6.87. The quantitative estimate of drug-likeness (QED) is 0.590. The van der Waals surface area contributed by atoms with Gasteiger partial charge in [0.25, 0.3) is 0 Å². The molecule has 0 amide bonds. The van der Waals surface area contributed by atoms with E-state index in [1.54, 1.807) is 0 Å². The molecule has 0 aliphatic rings. The Morgan fingerprint density at radius 1 is 1.29 bits per heavy atom. The minimum Gasteiger partial charge on any atom is -0.490 e. The van der Waals surface area contributed by atoms with Crippen molar-refractivity contribution in [3.05, 3.63) is 28.2 Å². The first-order valence-corrected chi connectivity index (χ1v) is 9.19. The molecule has 1 aromatic carbocycles. The van der Waals surface area contributed by atoms with Gasteiger partial charge in [-0.25, -0.2) is 4.39 Å². The first-order valence-electron chi connectivity index (χ1n) is 5.51. The molecule has 0 N–H and O–H groups in total. The lowest BCUT2D eigenvalue weighted by atomic mass is 10.2. The van der Waals surface area contributed by atoms with Crippen molar-refractivity contribution in [3.8, 4) is 5.75 Å². The van der Waals surface area contributed by atoms with E-state index in [2.05, 4.69) is 42.9 Å². The first kappa shape index (κ1) is 14.6. The molecule has 0 radical (unpaired) electrons. The molecule has 0 atom stereocenters. The lowest BCUT2D eigenvalue weighted by Crippen LogP contribution is -2.27. The van der Waals surface area contributed by atoms with Crippen LogP contribution in [0.1, 0.15) is 13.8 Å². The van der Waals surface area contributed by atoms with Crippen LogP contribution >= 0.6 is 15.9 Å². The lowest BCUT2D eigenvalue weighted by molar-refractivity contribution is 0.260. The minimum atomic E-state index is -0.922. The Hall–Kier alpha value is -0.423. The number of halogens is 3. The van der Waals surface area contributed by atoms with E-state index < -0.39 is 20.4 Å². The van der Waals surface area contributed by atoms with Crippen molar-refractivity contribution < 1.29 is 13.5 Å². The molecular weight excluding hydrogens is 306 g/mol. The van der Waals surface area contributed by atoms with Crippen molar-refractivity contribution in [1.82, 2.24) is 0 Å². The maximum absolute atomic E-state index is 13.4. The highest BCUT2D eigenvalue weighted by molar-refractivity contribution is 9.10. The number of rotatable bonds is 4. The van der Waals surface area contributed by atoms with E-state index in [1.165, 1.54) is 6.07 Å². The Kier molecular flexibility index (Phi) is 4.72. The molecule has 0 aromatic heterocycles. The molecule has 0 saturated carbocycles. The van der Waals surface area contributed by atoms with Gasteiger partial charge in [0.1, 0.15) is 0 Å². The Labute approximate surface area is 111 Å². The number of hydrogen-bond acceptors (Lipinski definition) is 1. The molecule has 0 saturated heterocycles. The zero-order valence-electron chi connectivity index (χ0n) is 10.5. The summed E-state index contributed by atoms with van der Waals surface area (Å²) in [6.07, 6.45) is 0. The average molecular weight is 323 g/mol. The maximum Gasteiger partial charge on any atom is 0.200 e. The number of ether oxygens (including phenoxy) is 1. The summed E-state index contributed by atoms with van der Waals surface area (Å²) in [7, 11) is -0.914. The zero-order chi connectivity index (χ0) is 13.2. The maximum atomic E-state index is 13.4. The predicted octanol–water partition coefficient (Wildman–Crippen LogP) is 4.37. The fourth-order valence-electron chi connectivity index (χ4n) is 1.07. The van der Waals surface area contributed by atoms with E-state index >= 15 is 0 Å². The van der Waals surface area contributed by atoms with E-state index in [4.69, 9.17) is 4.74 Å². The van der Waals surface area contributed by atoms with Gasteiger partial charge >= 0.3 is 0 Å². The molecule has 0 unspecified atom stereocenters. The molecule has 0 fully saturated rings. The molecule has 1 aromatic rings. The Balaban J connectivity index is 2.83. The Bertz CT molecular complexity index is 408. The fourth-order valence-corrected chi connectivity index (χ4v) is 1.89. The highest BCUT2D eigenvalue weighted by Crippen LogP contribution is 2.31. The van der Waals surface area contributed by atoms with Crippen LogP contribution in [-0.2, 0) is 0 Å². The van der Waals surface area contributed by atoms with Crippen LogP contribution in [0.25, 0.3) is 0 Å². The second kappa shape index (κ2) is 5.48. The van der Waals surface area contributed by atoms with Crippen molar-refractivity contribution in [1.29, 1.82) is 0 Å². The summed E-state index contributed by atoms with van der Waals surface area (Å²) in [4.78, 5) is 0. The monoisotopic (exact) mass is 322 g/mol. The van der Waals surface area contributed by atoms with Gasteiger partial charge in [-0.1, -0.05) is 42.9 Å². The van der Waals surface area contributed by atoms with Gasteiger partial charge in [-0.3, -0.25) is 0 Å². The normalized spacial score (nSPS) is 12.0. The van der Waals surface area contributed by atoms with Crippen LogP contribution in [0.5, 0.6) is 5.75 Å². The summed E-state index contributed by atoms with van der Waals surface area (Å²) < 4.78 is 32.5. The van der Waals surface area contributed by atoms with E-state index in [0.29, 0.717) is 11.1 Å². The van der Waals surface area contributed by atoms with Gasteiger partial charge in [-0.15, -0.1) is 0 Å². The SMILES string of the molecule is C[SiH](C)C(C)(C)COc1cc(Br)cc(F)c1F. The van der Waals surface area contributed by atoms with E-state index in [9.17, 15) is 8.78 Å². The van der Waals surface area contributed by atoms with Gasteiger partial charge in [0.05, 0.1) is 6.61 Å². The third kappa shape index (κ3) is 3.78. The zero-order valence-corrected chi connectivity index (χ0v) is 13.2. The van der Waals surface area contributed by atoms with E-state index in [-0.39, 0.29) is 10.8 Å². The number of hydrogen-bond donors (Lipinski definition) is 0. The van der Waals surface area contributed by atoms with Crippen LogP contribution in [0.2, 0.25) is 18.1 Å². The van der Waals surface area contributed by atoms with Gasteiger partial charge in [0, 0.05) is 13.3 Å². The molecule has 96 valence electrons. The molecule has 0 spiro atoms. The topological polar surface area (TPSA) is 9.23 Å². The van der Waals surface area contributed by atoms with Crippen LogP contribution < -0.4 is 4.74 Å². The smallest absolute Gasteiger partial charge is 0.200 e. The molecule has 0 aliphatic heterocycles. The molecule has 5 heteroatoms. The van der Waals surface area contributed by atoms with E-state index in [0.717, 1.165) is 6.07 Å². The summed E-state index contributed by atoms with van der Waals surface area (Å²) >= 11 is 3.12. The Morgan fingerprint density at radius 3 is 2.41 bits per heavy atom. The van der Waals surface area contributed by atoms with Gasteiger partial charge in [-0.2, -0.15) is 4.39 Å². The fraction of sp³-hybridized carbons (Fsp3) is 0.500. The molecule has 0 aliphatic carbocycles. The van der Waals surface area contributed by atoms with Crippen molar-refractivity contribution in [2.75, 3.05) is 6.61 Å². The number of benzene rings is 1. The van der Waals surface area contributed by atoms with Crippen LogP contribution in [0.4, 0.5) is 8.78 Å².